The Morgan fingerprint density at radius 2 is 1.39 bits per heavy atom. The van der Waals surface area contributed by atoms with E-state index in [1.165, 1.54) is 18.3 Å². The minimum Gasteiger partial charge on any atom is -0.369 e. The highest BCUT2D eigenvalue weighted by atomic mass is 35.5. The van der Waals surface area contributed by atoms with Crippen LogP contribution in [0.5, 0.6) is 0 Å². The number of nitrogens with zero attached hydrogens (tertiary/aromatic N) is 2. The van der Waals surface area contributed by atoms with Gasteiger partial charge in [0.15, 0.2) is 11.9 Å². The van der Waals surface area contributed by atoms with E-state index in [4.69, 9.17) is 11.5 Å². The summed E-state index contributed by atoms with van der Waals surface area (Å²) in [5, 5.41) is 5.28. The molecule has 2 amide bonds. The first kappa shape index (κ1) is 23.5. The van der Waals surface area contributed by atoms with Crippen molar-refractivity contribution in [3.05, 3.63) is 60.7 Å². The lowest BCUT2D eigenvalue weighted by Gasteiger charge is -2.09. The summed E-state index contributed by atoms with van der Waals surface area (Å²) in [6, 6.07) is 10.9. The lowest BCUT2D eigenvalue weighted by molar-refractivity contribution is 0.262. The minimum absolute atomic E-state index is 0. The van der Waals surface area contributed by atoms with Gasteiger partial charge in [-0.05, 0) is 35.9 Å². The van der Waals surface area contributed by atoms with E-state index >= 15 is 0 Å². The van der Waals surface area contributed by atoms with Gasteiger partial charge >= 0.3 is 6.03 Å². The molecule has 0 fully saturated rings. The highest BCUT2D eigenvalue weighted by Crippen LogP contribution is 2.25. The fourth-order valence-corrected chi connectivity index (χ4v) is 2.79. The van der Waals surface area contributed by atoms with Crippen molar-refractivity contribution in [2.45, 2.75) is 0 Å². The maximum atomic E-state index is 14.4. The third-order valence-electron chi connectivity index (χ3n) is 4.16. The summed E-state index contributed by atoms with van der Waals surface area (Å²) >= 11 is 0. The van der Waals surface area contributed by atoms with Crippen molar-refractivity contribution in [1.82, 2.24) is 19.9 Å². The summed E-state index contributed by atoms with van der Waals surface area (Å²) in [6.07, 6.45) is 3.06. The number of anilines is 4. The smallest absolute Gasteiger partial charge is 0.323 e. The molecule has 0 aliphatic rings. The molecule has 4 aromatic rings. The number of nitrogens with one attached hydrogen (secondary N) is 4. The Hall–Kier alpha value is -3.76. The maximum absolute atomic E-state index is 14.4. The topological polar surface area (TPSA) is 151 Å². The van der Waals surface area contributed by atoms with Crippen LogP contribution in [0, 0.1) is 5.82 Å². The molecule has 0 bridgehead atoms. The van der Waals surface area contributed by atoms with Crippen molar-refractivity contribution in [1.29, 1.82) is 0 Å². The SMILES string of the molecule is Cl.Cl.Nc1ncc(-c2ccc(NC(=O)Nc3ccc(-c4cnc(N)[nH]4)c(F)c3)cc2)[nH]1. The highest BCUT2D eigenvalue weighted by Gasteiger charge is 2.10. The number of carbonyl (C=O) groups excluding carboxylic acids is 1. The molecule has 0 aliphatic carbocycles. The van der Waals surface area contributed by atoms with E-state index in [0.717, 1.165) is 11.3 Å². The van der Waals surface area contributed by atoms with E-state index in [2.05, 4.69) is 30.6 Å². The first-order chi connectivity index (χ1) is 14.0. The molecule has 9 nitrogen and oxygen atoms in total. The zero-order chi connectivity index (χ0) is 20.4. The number of hydrogen-bond acceptors (Lipinski definition) is 5. The zero-order valence-corrected chi connectivity index (χ0v) is 17.5. The summed E-state index contributed by atoms with van der Waals surface area (Å²) in [5.74, 6) is 0.00783. The number of nitrogen functional groups attached to an aromatic ring is 2. The molecule has 0 radical (unpaired) electrons. The van der Waals surface area contributed by atoms with Crippen LogP contribution in [-0.4, -0.2) is 26.0 Å². The summed E-state index contributed by atoms with van der Waals surface area (Å²) in [6.45, 7) is 0. The van der Waals surface area contributed by atoms with Crippen LogP contribution in [0.4, 0.5) is 32.5 Å². The Morgan fingerprint density at radius 3 is 1.94 bits per heavy atom. The van der Waals surface area contributed by atoms with Crippen molar-refractivity contribution in [3.8, 4) is 22.5 Å². The summed E-state index contributed by atoms with van der Waals surface area (Å²) < 4.78 is 14.4. The molecular formula is C19H19Cl2FN8O. The Bertz CT molecular complexity index is 1180. The van der Waals surface area contributed by atoms with Crippen molar-refractivity contribution in [2.75, 3.05) is 22.1 Å². The molecule has 8 N–H and O–H groups in total. The molecule has 0 spiro atoms. The van der Waals surface area contributed by atoms with E-state index in [0.29, 0.717) is 28.6 Å². The number of nitrogens with two attached hydrogens (primary N) is 2. The number of urea groups is 1. The summed E-state index contributed by atoms with van der Waals surface area (Å²) in [5.41, 5.74) is 14.4. The van der Waals surface area contributed by atoms with E-state index in [-0.39, 0.29) is 30.8 Å². The van der Waals surface area contributed by atoms with Crippen molar-refractivity contribution >= 4 is 54.1 Å². The number of aromatic amines is 2. The number of benzene rings is 2. The molecule has 2 heterocycles. The van der Waals surface area contributed by atoms with Gasteiger partial charge in [0.2, 0.25) is 0 Å². The number of carbonyl (C=O) groups is 1. The largest absolute Gasteiger partial charge is 0.369 e. The monoisotopic (exact) mass is 464 g/mol. The number of amides is 2. The van der Waals surface area contributed by atoms with E-state index in [1.807, 2.05) is 12.1 Å². The van der Waals surface area contributed by atoms with Crippen molar-refractivity contribution in [2.24, 2.45) is 0 Å². The van der Waals surface area contributed by atoms with Crippen LogP contribution < -0.4 is 22.1 Å². The molecule has 4 rings (SSSR count). The van der Waals surface area contributed by atoms with Gasteiger partial charge in [-0.1, -0.05) is 12.1 Å². The molecule has 2 aromatic heterocycles. The van der Waals surface area contributed by atoms with Crippen LogP contribution in [0.1, 0.15) is 0 Å². The van der Waals surface area contributed by atoms with Gasteiger partial charge < -0.3 is 32.1 Å². The van der Waals surface area contributed by atoms with Gasteiger partial charge in [-0.15, -0.1) is 24.8 Å². The van der Waals surface area contributed by atoms with Crippen LogP contribution >= 0.6 is 24.8 Å². The second-order valence-electron chi connectivity index (χ2n) is 6.22. The fourth-order valence-electron chi connectivity index (χ4n) is 2.79. The number of imidazole rings is 2. The van der Waals surface area contributed by atoms with E-state index in [1.54, 1.807) is 24.4 Å². The second kappa shape index (κ2) is 9.83. The van der Waals surface area contributed by atoms with Gasteiger partial charge in [-0.3, -0.25) is 0 Å². The van der Waals surface area contributed by atoms with Crippen LogP contribution in [0.15, 0.2) is 54.9 Å². The molecule has 31 heavy (non-hydrogen) atoms. The average Bonchev–Trinajstić information content (AvgIpc) is 3.31. The predicted octanol–water partition coefficient (Wildman–Crippen LogP) is 4.26. The van der Waals surface area contributed by atoms with E-state index < -0.39 is 11.8 Å². The average molecular weight is 465 g/mol. The van der Waals surface area contributed by atoms with Gasteiger partial charge in [0.1, 0.15) is 5.82 Å². The Labute approximate surface area is 188 Å². The van der Waals surface area contributed by atoms with Crippen LogP contribution in [0.25, 0.3) is 22.5 Å². The van der Waals surface area contributed by atoms with Gasteiger partial charge in [-0.25, -0.2) is 19.2 Å². The number of H-pyrrole nitrogens is 2. The molecule has 162 valence electrons. The molecule has 2 aromatic carbocycles. The van der Waals surface area contributed by atoms with Crippen LogP contribution in [0.2, 0.25) is 0 Å². The van der Waals surface area contributed by atoms with Crippen LogP contribution in [0.3, 0.4) is 0 Å². The zero-order valence-electron chi connectivity index (χ0n) is 15.8. The molecule has 0 aliphatic heterocycles. The Morgan fingerprint density at radius 1 is 0.839 bits per heavy atom. The standard InChI is InChI=1S/C19H17FN8O.2ClH/c20-14-7-12(5-6-13(14)16-9-24-18(22)28-16)26-19(29)25-11-3-1-10(2-4-11)15-8-23-17(21)27-15;;/h1-9H,(H3,21,23,27)(H3,22,24,28)(H2,25,26,29);2*1H. The first-order valence-electron chi connectivity index (χ1n) is 8.57. The molecule has 12 heteroatoms. The predicted molar refractivity (Wildman–Crippen MR) is 124 cm³/mol. The molecule has 0 saturated carbocycles. The summed E-state index contributed by atoms with van der Waals surface area (Å²) in [7, 11) is 0. The lowest BCUT2D eigenvalue weighted by atomic mass is 10.1. The molecular weight excluding hydrogens is 446 g/mol. The third kappa shape index (κ3) is 5.44. The molecule has 0 atom stereocenters. The van der Waals surface area contributed by atoms with E-state index in [9.17, 15) is 9.18 Å². The van der Waals surface area contributed by atoms with Crippen LogP contribution in [-0.2, 0) is 0 Å². The minimum atomic E-state index is -0.519. The first-order valence-corrected chi connectivity index (χ1v) is 8.57. The third-order valence-corrected chi connectivity index (χ3v) is 4.16. The number of rotatable bonds is 4. The molecule has 0 saturated heterocycles. The second-order valence-corrected chi connectivity index (χ2v) is 6.22. The Balaban J connectivity index is 0.00000171. The van der Waals surface area contributed by atoms with Gasteiger partial charge in [0.05, 0.1) is 23.8 Å². The van der Waals surface area contributed by atoms with Gasteiger partial charge in [0, 0.05) is 16.9 Å². The van der Waals surface area contributed by atoms with Crippen molar-refractivity contribution in [3.63, 3.8) is 0 Å². The summed E-state index contributed by atoms with van der Waals surface area (Å²) in [4.78, 5) is 25.7. The number of aromatic nitrogens is 4. The number of halogens is 3. The van der Waals surface area contributed by atoms with Gasteiger partial charge in [0.25, 0.3) is 0 Å². The fraction of sp³-hybridized carbons (Fsp3) is 0. The normalized spacial score (nSPS) is 9.97. The van der Waals surface area contributed by atoms with Gasteiger partial charge in [-0.2, -0.15) is 0 Å². The molecule has 0 unspecified atom stereocenters. The van der Waals surface area contributed by atoms with Crippen molar-refractivity contribution < 1.29 is 9.18 Å². The number of hydrogen-bond donors (Lipinski definition) is 6. The Kier molecular flexibility index (Phi) is 7.46. The highest BCUT2D eigenvalue weighted by molar-refractivity contribution is 6.00. The maximum Gasteiger partial charge on any atom is 0.323 e. The quantitative estimate of drug-likeness (QED) is 0.266. The lowest BCUT2D eigenvalue weighted by Crippen LogP contribution is -2.19.